The topological polar surface area (TPSA) is 72.5 Å². The molecule has 0 fully saturated rings. The van der Waals surface area contributed by atoms with Crippen molar-refractivity contribution >= 4 is 21.7 Å². The highest BCUT2D eigenvalue weighted by molar-refractivity contribution is 7.96. The average molecular weight is 333 g/mol. The molecule has 1 aromatic rings. The monoisotopic (exact) mass is 333 g/mol. The molecule has 2 rings (SSSR count). The molecule has 0 amide bonds. The SMILES string of the molecule is CCOC(=O)/C=C/C1C=C(S(=O)(=O)Nc2ccccc2)C=CC1. The zero-order valence-electron chi connectivity index (χ0n) is 12.8. The Bertz CT molecular complexity index is 733. The van der Waals surface area contributed by atoms with Gasteiger partial charge in [0.25, 0.3) is 10.0 Å². The highest BCUT2D eigenvalue weighted by Crippen LogP contribution is 2.23. The molecule has 0 heterocycles. The maximum Gasteiger partial charge on any atom is 0.330 e. The first-order valence-electron chi connectivity index (χ1n) is 7.32. The van der Waals surface area contributed by atoms with Gasteiger partial charge in [-0.3, -0.25) is 4.72 Å². The van der Waals surface area contributed by atoms with Crippen LogP contribution in [0.15, 0.2) is 65.6 Å². The zero-order chi connectivity index (χ0) is 16.7. The van der Waals surface area contributed by atoms with Gasteiger partial charge in [0.05, 0.1) is 11.5 Å². The van der Waals surface area contributed by atoms with Gasteiger partial charge in [0.2, 0.25) is 0 Å². The number of ether oxygens (including phenoxy) is 1. The lowest BCUT2D eigenvalue weighted by Gasteiger charge is -2.15. The van der Waals surface area contributed by atoms with Crippen molar-refractivity contribution in [3.63, 3.8) is 0 Å². The van der Waals surface area contributed by atoms with Gasteiger partial charge in [0, 0.05) is 17.7 Å². The molecule has 23 heavy (non-hydrogen) atoms. The molecule has 1 N–H and O–H groups in total. The number of rotatable bonds is 6. The minimum Gasteiger partial charge on any atom is -0.463 e. The fourth-order valence-corrected chi connectivity index (χ4v) is 3.30. The Kier molecular flexibility index (Phi) is 5.76. The first-order chi connectivity index (χ1) is 11.0. The molecule has 6 heteroatoms. The third-order valence-corrected chi connectivity index (χ3v) is 4.57. The molecule has 1 unspecified atom stereocenters. The van der Waals surface area contributed by atoms with E-state index in [0.717, 1.165) is 0 Å². The molecule has 0 aliphatic heterocycles. The first-order valence-corrected chi connectivity index (χ1v) is 8.81. The summed E-state index contributed by atoms with van der Waals surface area (Å²) in [6.07, 6.45) is 8.60. The van der Waals surface area contributed by atoms with Crippen molar-refractivity contribution in [1.29, 1.82) is 0 Å². The lowest BCUT2D eigenvalue weighted by Crippen LogP contribution is -2.16. The van der Waals surface area contributed by atoms with Gasteiger partial charge in [-0.15, -0.1) is 0 Å². The van der Waals surface area contributed by atoms with E-state index in [-0.39, 0.29) is 10.8 Å². The predicted octanol–water partition coefficient (Wildman–Crippen LogP) is 3.01. The maximum atomic E-state index is 12.4. The van der Waals surface area contributed by atoms with Gasteiger partial charge >= 0.3 is 5.97 Å². The van der Waals surface area contributed by atoms with Crippen molar-refractivity contribution in [2.45, 2.75) is 13.3 Å². The van der Waals surface area contributed by atoms with Crippen LogP contribution in [0.4, 0.5) is 5.69 Å². The zero-order valence-corrected chi connectivity index (χ0v) is 13.6. The molecule has 1 aromatic carbocycles. The molecule has 0 saturated heterocycles. The highest BCUT2D eigenvalue weighted by Gasteiger charge is 2.19. The van der Waals surface area contributed by atoms with E-state index in [0.29, 0.717) is 18.7 Å². The normalized spacial score (nSPS) is 17.8. The van der Waals surface area contributed by atoms with Crippen LogP contribution in [0, 0.1) is 5.92 Å². The summed E-state index contributed by atoms with van der Waals surface area (Å²) in [5.74, 6) is -0.589. The van der Waals surface area contributed by atoms with Crippen LogP contribution in [0.5, 0.6) is 0 Å². The van der Waals surface area contributed by atoms with E-state index in [2.05, 4.69) is 4.72 Å². The summed E-state index contributed by atoms with van der Waals surface area (Å²) in [4.78, 5) is 11.5. The van der Waals surface area contributed by atoms with Crippen LogP contribution in [0.25, 0.3) is 0 Å². The number of para-hydroxylation sites is 1. The second kappa shape index (κ2) is 7.78. The van der Waals surface area contributed by atoms with E-state index in [4.69, 9.17) is 4.74 Å². The fourth-order valence-electron chi connectivity index (χ4n) is 2.10. The second-order valence-electron chi connectivity index (χ2n) is 4.95. The van der Waals surface area contributed by atoms with Crippen LogP contribution in [0.3, 0.4) is 0 Å². The molecule has 1 aliphatic carbocycles. The molecule has 0 saturated carbocycles. The summed E-state index contributed by atoms with van der Waals surface area (Å²) in [7, 11) is -3.64. The summed E-state index contributed by atoms with van der Waals surface area (Å²) in [5.41, 5.74) is 0.506. The van der Waals surface area contributed by atoms with Crippen LogP contribution in [0.2, 0.25) is 0 Å². The van der Waals surface area contributed by atoms with Crippen LogP contribution < -0.4 is 4.72 Å². The van der Waals surface area contributed by atoms with Gasteiger partial charge in [-0.1, -0.05) is 36.4 Å². The van der Waals surface area contributed by atoms with E-state index in [1.54, 1.807) is 55.5 Å². The standard InChI is InChI=1S/C17H19NO4S/c1-2-22-17(19)12-11-14-7-6-10-16(13-14)23(20,21)18-15-8-4-3-5-9-15/h3-6,8-14,18H,2,7H2,1H3/b12-11+. The Morgan fingerprint density at radius 1 is 1.35 bits per heavy atom. The molecule has 1 aliphatic rings. The van der Waals surface area contributed by atoms with Gasteiger partial charge in [-0.2, -0.15) is 0 Å². The van der Waals surface area contributed by atoms with Crippen LogP contribution >= 0.6 is 0 Å². The Morgan fingerprint density at radius 3 is 2.78 bits per heavy atom. The summed E-state index contributed by atoms with van der Waals surface area (Å²) < 4.78 is 32.1. The minimum atomic E-state index is -3.64. The van der Waals surface area contributed by atoms with Crippen LogP contribution in [-0.2, 0) is 19.6 Å². The Hall–Kier alpha value is -2.34. The summed E-state index contributed by atoms with van der Waals surface area (Å²) >= 11 is 0. The molecular weight excluding hydrogens is 314 g/mol. The third-order valence-electron chi connectivity index (χ3n) is 3.17. The lowest BCUT2D eigenvalue weighted by atomic mass is 10.0. The first kappa shape index (κ1) is 17.0. The largest absolute Gasteiger partial charge is 0.463 e. The number of benzene rings is 1. The van der Waals surface area contributed by atoms with Crippen LogP contribution in [-0.4, -0.2) is 21.0 Å². The summed E-state index contributed by atoms with van der Waals surface area (Å²) in [6.45, 7) is 2.04. The van der Waals surface area contributed by atoms with E-state index >= 15 is 0 Å². The number of anilines is 1. The van der Waals surface area contributed by atoms with Crippen molar-refractivity contribution in [3.8, 4) is 0 Å². The minimum absolute atomic E-state index is 0.160. The number of allylic oxidation sites excluding steroid dienone is 4. The summed E-state index contributed by atoms with van der Waals surface area (Å²) in [6, 6.07) is 8.70. The quantitative estimate of drug-likeness (QED) is 0.641. The number of sulfonamides is 1. The number of hydrogen-bond acceptors (Lipinski definition) is 4. The van der Waals surface area contributed by atoms with Crippen molar-refractivity contribution < 1.29 is 17.9 Å². The molecule has 5 nitrogen and oxygen atoms in total. The molecule has 0 spiro atoms. The molecular formula is C17H19NO4S. The Balaban J connectivity index is 2.11. The van der Waals surface area contributed by atoms with Crippen molar-refractivity contribution in [1.82, 2.24) is 0 Å². The maximum absolute atomic E-state index is 12.4. The van der Waals surface area contributed by atoms with Crippen LogP contribution in [0.1, 0.15) is 13.3 Å². The number of carbonyl (C=O) groups is 1. The smallest absolute Gasteiger partial charge is 0.330 e. The lowest BCUT2D eigenvalue weighted by molar-refractivity contribution is -0.137. The van der Waals surface area contributed by atoms with E-state index in [1.165, 1.54) is 6.08 Å². The van der Waals surface area contributed by atoms with Crippen molar-refractivity contribution in [3.05, 3.63) is 65.6 Å². The fraction of sp³-hybridized carbons (Fsp3) is 0.235. The highest BCUT2D eigenvalue weighted by atomic mass is 32.2. The van der Waals surface area contributed by atoms with Crippen molar-refractivity contribution in [2.24, 2.45) is 5.92 Å². The summed E-state index contributed by atoms with van der Waals surface area (Å²) in [5, 5.41) is 0. The van der Waals surface area contributed by atoms with E-state index < -0.39 is 16.0 Å². The van der Waals surface area contributed by atoms with Gasteiger partial charge in [-0.25, -0.2) is 13.2 Å². The molecule has 1 atom stereocenters. The van der Waals surface area contributed by atoms with Crippen molar-refractivity contribution in [2.75, 3.05) is 11.3 Å². The number of carbonyl (C=O) groups excluding carboxylic acids is 1. The molecule has 0 bridgehead atoms. The molecule has 0 aromatic heterocycles. The third kappa shape index (κ3) is 5.10. The Labute approximate surface area is 136 Å². The van der Waals surface area contributed by atoms with Gasteiger partial charge < -0.3 is 4.74 Å². The number of hydrogen-bond donors (Lipinski definition) is 1. The Morgan fingerprint density at radius 2 is 2.09 bits per heavy atom. The molecule has 122 valence electrons. The average Bonchev–Trinajstić information content (AvgIpc) is 2.54. The van der Waals surface area contributed by atoms with E-state index in [1.807, 2.05) is 6.07 Å². The van der Waals surface area contributed by atoms with Gasteiger partial charge in [0.1, 0.15) is 0 Å². The number of nitrogens with one attached hydrogen (secondary N) is 1. The molecule has 0 radical (unpaired) electrons. The predicted molar refractivity (Wildman–Crippen MR) is 90.1 cm³/mol. The second-order valence-corrected chi connectivity index (χ2v) is 6.64. The van der Waals surface area contributed by atoms with E-state index in [9.17, 15) is 13.2 Å². The van der Waals surface area contributed by atoms with Gasteiger partial charge in [-0.05, 0) is 31.6 Å². The number of esters is 1. The van der Waals surface area contributed by atoms with Gasteiger partial charge in [0.15, 0.2) is 0 Å².